The van der Waals surface area contributed by atoms with Crippen LogP contribution in [0.1, 0.15) is 27.4 Å². The molecule has 0 saturated heterocycles. The number of rotatable bonds is 5. The molecule has 0 saturated carbocycles. The number of aryl methyl sites for hydroxylation is 3. The Morgan fingerprint density at radius 3 is 2.50 bits per heavy atom. The minimum atomic E-state index is 0.454. The predicted octanol–water partition coefficient (Wildman–Crippen LogP) is 4.77. The van der Waals surface area contributed by atoms with Crippen LogP contribution in [0.4, 0.5) is 11.6 Å². The van der Waals surface area contributed by atoms with Crippen LogP contribution >= 0.6 is 23.6 Å². The maximum absolute atomic E-state index is 5.53. The van der Waals surface area contributed by atoms with Crippen LogP contribution < -0.4 is 16.0 Å². The van der Waals surface area contributed by atoms with Crippen molar-refractivity contribution < 1.29 is 0 Å². The zero-order chi connectivity index (χ0) is 21.5. The molecule has 0 fully saturated rings. The highest BCUT2D eigenvalue weighted by Crippen LogP contribution is 2.17. The van der Waals surface area contributed by atoms with Crippen molar-refractivity contribution >= 4 is 46.3 Å². The van der Waals surface area contributed by atoms with Crippen LogP contribution in [0.3, 0.4) is 0 Å². The standard InChI is InChI=1S/C22H26N6S2/c1-14-7-5-9-19(17(14)4)26-22(29)28-20(23-11-10-18-8-6-12-30-18)27-21-24-15(2)13-16(3)25-21/h5-9,12-13H,10-11H2,1-4H3,(H3,23,24,25,26,27,28,29). The average Bonchev–Trinajstić information content (AvgIpc) is 3.18. The summed E-state index contributed by atoms with van der Waals surface area (Å²) in [5.74, 6) is 1.00. The predicted molar refractivity (Wildman–Crippen MR) is 131 cm³/mol. The van der Waals surface area contributed by atoms with E-state index in [1.165, 1.54) is 10.4 Å². The summed E-state index contributed by atoms with van der Waals surface area (Å²) >= 11 is 7.26. The summed E-state index contributed by atoms with van der Waals surface area (Å²) in [6.07, 6.45) is 0.857. The van der Waals surface area contributed by atoms with Crippen LogP contribution in [-0.2, 0) is 6.42 Å². The molecule has 1 aromatic carbocycles. The number of benzene rings is 1. The number of hydrogen-bond donors (Lipinski definition) is 3. The van der Waals surface area contributed by atoms with E-state index in [0.717, 1.165) is 29.1 Å². The molecule has 0 unspecified atom stereocenters. The topological polar surface area (TPSA) is 74.2 Å². The summed E-state index contributed by atoms with van der Waals surface area (Å²) in [6, 6.07) is 12.2. The Hall–Kier alpha value is -2.84. The number of nitrogens with zero attached hydrogens (tertiary/aromatic N) is 3. The molecule has 0 spiro atoms. The Morgan fingerprint density at radius 1 is 1.03 bits per heavy atom. The van der Waals surface area contributed by atoms with Crippen LogP contribution in [0.2, 0.25) is 0 Å². The summed E-state index contributed by atoms with van der Waals surface area (Å²) in [5.41, 5.74) is 5.10. The molecule has 3 rings (SSSR count). The largest absolute Gasteiger partial charge is 0.332 e. The van der Waals surface area contributed by atoms with Gasteiger partial charge in [0.2, 0.25) is 11.9 Å². The lowest BCUT2D eigenvalue weighted by Gasteiger charge is -2.16. The van der Waals surface area contributed by atoms with E-state index in [1.807, 2.05) is 38.1 Å². The molecular weight excluding hydrogens is 412 g/mol. The lowest BCUT2D eigenvalue weighted by molar-refractivity contribution is 0.973. The van der Waals surface area contributed by atoms with Crippen molar-refractivity contribution in [2.45, 2.75) is 34.1 Å². The highest BCUT2D eigenvalue weighted by atomic mass is 32.1. The van der Waals surface area contributed by atoms with Gasteiger partial charge < -0.3 is 10.6 Å². The van der Waals surface area contributed by atoms with Gasteiger partial charge in [-0.25, -0.2) is 9.97 Å². The molecule has 8 heteroatoms. The second-order valence-corrected chi connectivity index (χ2v) is 8.43. The van der Waals surface area contributed by atoms with Crippen molar-refractivity contribution in [2.24, 2.45) is 4.99 Å². The molecule has 30 heavy (non-hydrogen) atoms. The van der Waals surface area contributed by atoms with Gasteiger partial charge in [0.1, 0.15) is 0 Å². The average molecular weight is 439 g/mol. The summed E-state index contributed by atoms with van der Waals surface area (Å²) in [5, 5.41) is 12.1. The maximum Gasteiger partial charge on any atom is 0.229 e. The molecule has 156 valence electrons. The summed E-state index contributed by atoms with van der Waals surface area (Å²) < 4.78 is 0. The zero-order valence-corrected chi connectivity index (χ0v) is 19.2. The Labute approximate surface area is 186 Å². The summed E-state index contributed by atoms with van der Waals surface area (Å²) in [4.78, 5) is 14.8. The third-order valence-electron chi connectivity index (χ3n) is 4.51. The van der Waals surface area contributed by atoms with Crippen LogP contribution in [-0.4, -0.2) is 27.6 Å². The normalized spacial score (nSPS) is 11.3. The van der Waals surface area contributed by atoms with Gasteiger partial charge in [-0.2, -0.15) is 0 Å². The van der Waals surface area contributed by atoms with E-state index in [9.17, 15) is 0 Å². The minimum absolute atomic E-state index is 0.454. The molecule has 6 nitrogen and oxygen atoms in total. The molecule has 0 bridgehead atoms. The van der Waals surface area contributed by atoms with E-state index >= 15 is 0 Å². The third kappa shape index (κ3) is 6.33. The Morgan fingerprint density at radius 2 is 1.80 bits per heavy atom. The van der Waals surface area contributed by atoms with E-state index in [0.29, 0.717) is 23.6 Å². The zero-order valence-electron chi connectivity index (χ0n) is 17.6. The van der Waals surface area contributed by atoms with Crippen LogP contribution in [0.25, 0.3) is 0 Å². The van der Waals surface area contributed by atoms with E-state index in [1.54, 1.807) is 11.3 Å². The van der Waals surface area contributed by atoms with Gasteiger partial charge in [0.25, 0.3) is 0 Å². The second-order valence-electron chi connectivity index (χ2n) is 6.99. The monoisotopic (exact) mass is 438 g/mol. The number of nitrogens with one attached hydrogen (secondary N) is 3. The molecule has 0 atom stereocenters. The van der Waals surface area contributed by atoms with E-state index in [2.05, 4.69) is 62.3 Å². The Kier molecular flexibility index (Phi) is 7.48. The van der Waals surface area contributed by atoms with Crippen molar-refractivity contribution in [3.8, 4) is 0 Å². The molecule has 0 aliphatic carbocycles. The Bertz CT molecular complexity index is 1020. The van der Waals surface area contributed by atoms with Crippen molar-refractivity contribution in [3.05, 3.63) is 69.2 Å². The van der Waals surface area contributed by atoms with Gasteiger partial charge >= 0.3 is 0 Å². The van der Waals surface area contributed by atoms with E-state index in [4.69, 9.17) is 12.2 Å². The van der Waals surface area contributed by atoms with Gasteiger partial charge in [-0.05, 0) is 74.6 Å². The third-order valence-corrected chi connectivity index (χ3v) is 5.65. The van der Waals surface area contributed by atoms with Crippen molar-refractivity contribution in [1.82, 2.24) is 15.3 Å². The van der Waals surface area contributed by atoms with E-state index in [-0.39, 0.29) is 0 Å². The number of hydrogen-bond acceptors (Lipinski definition) is 5. The number of guanidine groups is 1. The van der Waals surface area contributed by atoms with Gasteiger partial charge in [-0.15, -0.1) is 11.3 Å². The van der Waals surface area contributed by atoms with Gasteiger partial charge in [-0.3, -0.25) is 10.3 Å². The van der Waals surface area contributed by atoms with Gasteiger partial charge in [0.15, 0.2) is 5.11 Å². The number of thiocarbonyl (C=S) groups is 1. The summed E-state index contributed by atoms with van der Waals surface area (Å²) in [6.45, 7) is 8.64. The molecular formula is C22H26N6S2. The molecule has 2 aromatic heterocycles. The second kappa shape index (κ2) is 10.3. The molecule has 3 N–H and O–H groups in total. The molecule has 3 aromatic rings. The molecule has 0 radical (unpaired) electrons. The maximum atomic E-state index is 5.53. The lowest BCUT2D eigenvalue weighted by Crippen LogP contribution is -2.39. The fourth-order valence-electron chi connectivity index (χ4n) is 2.88. The van der Waals surface area contributed by atoms with E-state index < -0.39 is 0 Å². The van der Waals surface area contributed by atoms with Crippen molar-refractivity contribution in [2.75, 3.05) is 17.2 Å². The minimum Gasteiger partial charge on any atom is -0.332 e. The van der Waals surface area contributed by atoms with Gasteiger partial charge in [0.05, 0.1) is 0 Å². The molecule has 0 aliphatic heterocycles. The van der Waals surface area contributed by atoms with Crippen molar-refractivity contribution in [3.63, 3.8) is 0 Å². The highest BCUT2D eigenvalue weighted by Gasteiger charge is 2.09. The van der Waals surface area contributed by atoms with Gasteiger partial charge in [-0.1, -0.05) is 18.2 Å². The van der Waals surface area contributed by atoms with Crippen molar-refractivity contribution in [1.29, 1.82) is 0 Å². The first-order chi connectivity index (χ1) is 14.4. The first-order valence-corrected chi connectivity index (χ1v) is 11.0. The lowest BCUT2D eigenvalue weighted by atomic mass is 10.1. The first-order valence-electron chi connectivity index (χ1n) is 9.71. The smallest absolute Gasteiger partial charge is 0.229 e. The molecule has 2 heterocycles. The van der Waals surface area contributed by atoms with Gasteiger partial charge in [0, 0.05) is 34.9 Å². The summed E-state index contributed by atoms with van der Waals surface area (Å²) in [7, 11) is 0. The van der Waals surface area contributed by atoms with Crippen LogP contribution in [0.5, 0.6) is 0 Å². The molecule has 0 amide bonds. The Balaban J connectivity index is 1.73. The quantitative estimate of drug-likeness (QED) is 0.303. The number of aromatic nitrogens is 2. The SMILES string of the molecule is Cc1cc(C)nc(NC(=NCCc2cccs2)NC(=S)Nc2cccc(C)c2C)n1. The van der Waals surface area contributed by atoms with Crippen LogP contribution in [0.15, 0.2) is 46.8 Å². The highest BCUT2D eigenvalue weighted by molar-refractivity contribution is 7.80. The van der Waals surface area contributed by atoms with Crippen LogP contribution in [0, 0.1) is 27.7 Å². The number of thiophene rings is 1. The first kappa shape index (κ1) is 21.9. The number of anilines is 2. The number of aliphatic imine (C=N–C) groups is 1. The fraction of sp³-hybridized carbons (Fsp3) is 0.273. The fourth-order valence-corrected chi connectivity index (χ4v) is 3.78. The molecule has 0 aliphatic rings.